The van der Waals surface area contributed by atoms with Crippen LogP contribution in [0.1, 0.15) is 26.7 Å². The maximum Gasteiger partial charge on any atom is 0.261 e. The summed E-state index contributed by atoms with van der Waals surface area (Å²) in [5, 5.41) is 0.802. The van der Waals surface area contributed by atoms with Gasteiger partial charge in [-0.2, -0.15) is 0 Å². The van der Waals surface area contributed by atoms with Crippen molar-refractivity contribution in [3.8, 4) is 0 Å². The highest BCUT2D eigenvalue weighted by Gasteiger charge is 2.25. The fraction of sp³-hybridized carbons (Fsp3) is 1.00. The number of ether oxygens (including phenoxy) is 1. The van der Waals surface area contributed by atoms with Gasteiger partial charge < -0.3 is 4.74 Å². The number of rotatable bonds is 7. The monoisotopic (exact) mass is 258 g/mol. The summed E-state index contributed by atoms with van der Waals surface area (Å²) in [5.74, 6) is 0. The van der Waals surface area contributed by atoms with E-state index in [0.717, 1.165) is 18.2 Å². The summed E-state index contributed by atoms with van der Waals surface area (Å²) in [6, 6.07) is 0. The van der Waals surface area contributed by atoms with Crippen LogP contribution in [0.2, 0.25) is 0 Å². The van der Waals surface area contributed by atoms with Crippen LogP contribution in [0.3, 0.4) is 0 Å². The van der Waals surface area contributed by atoms with Crippen molar-refractivity contribution in [2.45, 2.75) is 33.1 Å². The van der Waals surface area contributed by atoms with E-state index in [-0.39, 0.29) is 5.41 Å². The van der Waals surface area contributed by atoms with Crippen molar-refractivity contribution in [3.63, 3.8) is 0 Å². The van der Waals surface area contributed by atoms with Gasteiger partial charge in [-0.1, -0.05) is 29.8 Å². The van der Waals surface area contributed by atoms with Crippen LogP contribution in [0.15, 0.2) is 0 Å². The summed E-state index contributed by atoms with van der Waals surface area (Å²) >= 11 is 3.39. The Morgan fingerprint density at radius 2 is 1.85 bits per heavy atom. The van der Waals surface area contributed by atoms with E-state index in [9.17, 15) is 8.78 Å². The zero-order valence-electron chi connectivity index (χ0n) is 8.16. The SMILES string of the molecule is CCC(CC)(CBr)COCC(F)F. The molecule has 0 N–H and O–H groups in total. The molecule has 0 aromatic rings. The predicted molar refractivity (Wildman–Crippen MR) is 53.6 cm³/mol. The average Bonchev–Trinajstić information content (AvgIpc) is 2.13. The lowest BCUT2D eigenvalue weighted by atomic mass is 9.86. The molecule has 0 aliphatic carbocycles. The zero-order valence-corrected chi connectivity index (χ0v) is 9.74. The second kappa shape index (κ2) is 6.71. The fourth-order valence-electron chi connectivity index (χ4n) is 1.05. The average molecular weight is 259 g/mol. The van der Waals surface area contributed by atoms with Gasteiger partial charge in [0.15, 0.2) is 0 Å². The zero-order chi connectivity index (χ0) is 10.3. The highest BCUT2D eigenvalue weighted by molar-refractivity contribution is 9.09. The lowest BCUT2D eigenvalue weighted by Gasteiger charge is -2.28. The molecule has 1 nitrogen and oxygen atoms in total. The minimum absolute atomic E-state index is 0.0227. The van der Waals surface area contributed by atoms with Crippen molar-refractivity contribution in [2.24, 2.45) is 5.41 Å². The molecular formula is C9H17BrF2O. The first-order chi connectivity index (χ1) is 6.10. The van der Waals surface area contributed by atoms with Crippen molar-refractivity contribution in [1.29, 1.82) is 0 Å². The molecule has 0 fully saturated rings. The molecule has 4 heteroatoms. The molecule has 0 rings (SSSR count). The molecule has 0 bridgehead atoms. The molecule has 0 saturated carbocycles. The van der Waals surface area contributed by atoms with Crippen molar-refractivity contribution < 1.29 is 13.5 Å². The quantitative estimate of drug-likeness (QED) is 0.636. The largest absolute Gasteiger partial charge is 0.375 e. The van der Waals surface area contributed by atoms with Crippen LogP contribution in [0.25, 0.3) is 0 Å². The minimum atomic E-state index is -2.36. The standard InChI is InChI=1S/C9H17BrF2O/c1-3-9(4-2,6-10)7-13-5-8(11)12/h8H,3-7H2,1-2H3. The summed E-state index contributed by atoms with van der Waals surface area (Å²) in [4.78, 5) is 0. The molecule has 0 heterocycles. The third-order valence-corrected chi connectivity index (χ3v) is 3.63. The van der Waals surface area contributed by atoms with E-state index in [1.165, 1.54) is 0 Å². The molecule has 0 unspecified atom stereocenters. The van der Waals surface area contributed by atoms with Gasteiger partial charge in [0.2, 0.25) is 0 Å². The first-order valence-corrected chi connectivity index (χ1v) is 5.64. The Balaban J connectivity index is 3.81. The first kappa shape index (κ1) is 13.3. The van der Waals surface area contributed by atoms with Crippen LogP contribution in [0.5, 0.6) is 0 Å². The van der Waals surface area contributed by atoms with Gasteiger partial charge in [-0.3, -0.25) is 0 Å². The Kier molecular flexibility index (Phi) is 6.86. The van der Waals surface area contributed by atoms with Gasteiger partial charge in [-0.25, -0.2) is 8.78 Å². The molecule has 0 radical (unpaired) electrons. The van der Waals surface area contributed by atoms with E-state index < -0.39 is 13.0 Å². The van der Waals surface area contributed by atoms with Crippen LogP contribution < -0.4 is 0 Å². The molecule has 0 aliphatic rings. The van der Waals surface area contributed by atoms with Crippen molar-refractivity contribution in [1.82, 2.24) is 0 Å². The number of halogens is 3. The Labute approximate surface area is 87.0 Å². The van der Waals surface area contributed by atoms with Crippen LogP contribution in [0, 0.1) is 5.41 Å². The second-order valence-corrected chi connectivity index (χ2v) is 3.81. The third-order valence-electron chi connectivity index (χ3n) is 2.44. The molecule has 0 aromatic heterocycles. The van der Waals surface area contributed by atoms with Crippen molar-refractivity contribution in [3.05, 3.63) is 0 Å². The summed E-state index contributed by atoms with van der Waals surface area (Å²) in [6.07, 6.45) is -0.475. The Morgan fingerprint density at radius 3 is 2.15 bits per heavy atom. The van der Waals surface area contributed by atoms with Crippen LogP contribution in [-0.2, 0) is 4.74 Å². The van der Waals surface area contributed by atoms with Crippen LogP contribution in [0.4, 0.5) is 8.78 Å². The molecule has 0 spiro atoms. The molecular weight excluding hydrogens is 242 g/mol. The van der Waals surface area contributed by atoms with Gasteiger partial charge >= 0.3 is 0 Å². The van der Waals surface area contributed by atoms with Gasteiger partial charge in [0.1, 0.15) is 6.61 Å². The smallest absolute Gasteiger partial charge is 0.261 e. The summed E-state index contributed by atoms with van der Waals surface area (Å²) in [5.41, 5.74) is 0.0227. The molecule has 80 valence electrons. The van der Waals surface area contributed by atoms with Gasteiger partial charge in [-0.05, 0) is 12.8 Å². The fourth-order valence-corrected chi connectivity index (χ4v) is 2.00. The van der Waals surface area contributed by atoms with Crippen molar-refractivity contribution >= 4 is 15.9 Å². The Hall–Kier alpha value is 0.300. The summed E-state index contributed by atoms with van der Waals surface area (Å²) in [7, 11) is 0. The van der Waals surface area contributed by atoms with E-state index in [4.69, 9.17) is 4.74 Å². The van der Waals surface area contributed by atoms with Crippen LogP contribution in [-0.4, -0.2) is 25.0 Å². The maximum absolute atomic E-state index is 11.8. The number of alkyl halides is 3. The Morgan fingerprint density at radius 1 is 1.31 bits per heavy atom. The topological polar surface area (TPSA) is 9.23 Å². The normalized spacial score (nSPS) is 12.5. The van der Waals surface area contributed by atoms with Gasteiger partial charge in [-0.15, -0.1) is 0 Å². The summed E-state index contributed by atoms with van der Waals surface area (Å²) < 4.78 is 28.5. The molecule has 0 aromatic carbocycles. The molecule has 13 heavy (non-hydrogen) atoms. The lowest BCUT2D eigenvalue weighted by Crippen LogP contribution is -2.28. The van der Waals surface area contributed by atoms with E-state index in [2.05, 4.69) is 29.8 Å². The number of hydrogen-bond donors (Lipinski definition) is 0. The van der Waals surface area contributed by atoms with E-state index in [0.29, 0.717) is 6.61 Å². The summed E-state index contributed by atoms with van der Waals surface area (Å²) in [6.45, 7) is 4.07. The van der Waals surface area contributed by atoms with E-state index in [1.54, 1.807) is 0 Å². The van der Waals surface area contributed by atoms with Gasteiger partial charge in [0.25, 0.3) is 6.43 Å². The maximum atomic E-state index is 11.8. The molecule has 0 aliphatic heterocycles. The first-order valence-electron chi connectivity index (χ1n) is 4.52. The van der Waals surface area contributed by atoms with Gasteiger partial charge in [0, 0.05) is 10.7 Å². The van der Waals surface area contributed by atoms with Gasteiger partial charge in [0.05, 0.1) is 6.61 Å². The third kappa shape index (κ3) is 4.91. The highest BCUT2D eigenvalue weighted by atomic mass is 79.9. The Bertz CT molecular complexity index is 119. The molecule has 0 atom stereocenters. The predicted octanol–water partition coefficient (Wildman–Crippen LogP) is 3.47. The van der Waals surface area contributed by atoms with Crippen LogP contribution >= 0.6 is 15.9 Å². The molecule has 0 saturated heterocycles. The van der Waals surface area contributed by atoms with Crippen molar-refractivity contribution in [2.75, 3.05) is 18.5 Å². The number of hydrogen-bond acceptors (Lipinski definition) is 1. The second-order valence-electron chi connectivity index (χ2n) is 3.25. The molecule has 0 amide bonds. The van der Waals surface area contributed by atoms with E-state index >= 15 is 0 Å². The highest BCUT2D eigenvalue weighted by Crippen LogP contribution is 2.29. The van der Waals surface area contributed by atoms with E-state index in [1.807, 2.05) is 0 Å². The lowest BCUT2D eigenvalue weighted by molar-refractivity contribution is -0.0171. The minimum Gasteiger partial charge on any atom is -0.375 e.